The van der Waals surface area contributed by atoms with Gasteiger partial charge in [0.2, 0.25) is 5.91 Å². The minimum absolute atomic E-state index is 0.0758. The van der Waals surface area contributed by atoms with Crippen LogP contribution in [0.4, 0.5) is 0 Å². The molecule has 1 aromatic heterocycles. The van der Waals surface area contributed by atoms with Crippen LogP contribution in [0.1, 0.15) is 17.7 Å². The van der Waals surface area contributed by atoms with Crippen LogP contribution < -0.4 is 14.8 Å². The van der Waals surface area contributed by atoms with Crippen molar-refractivity contribution in [2.75, 3.05) is 32.8 Å². The largest absolute Gasteiger partial charge is 0.492 e. The van der Waals surface area contributed by atoms with Crippen LogP contribution in [0.3, 0.4) is 0 Å². The summed E-state index contributed by atoms with van der Waals surface area (Å²) >= 11 is 0. The zero-order chi connectivity index (χ0) is 26.2. The number of para-hydroxylation sites is 1. The number of hydrogen-bond acceptors (Lipinski definition) is 5. The molecule has 2 heterocycles. The molecule has 0 aliphatic carbocycles. The van der Waals surface area contributed by atoms with Crippen molar-refractivity contribution in [2.24, 2.45) is 11.8 Å². The highest BCUT2D eigenvalue weighted by Gasteiger charge is 2.32. The smallest absolute Gasteiger partial charge is 0.224 e. The van der Waals surface area contributed by atoms with Gasteiger partial charge in [-0.2, -0.15) is 0 Å². The third kappa shape index (κ3) is 7.11. The van der Waals surface area contributed by atoms with Crippen molar-refractivity contribution in [3.05, 3.63) is 102 Å². The highest BCUT2D eigenvalue weighted by molar-refractivity contribution is 5.83. The van der Waals surface area contributed by atoms with Gasteiger partial charge in [-0.3, -0.25) is 14.7 Å². The Labute approximate surface area is 224 Å². The Morgan fingerprint density at radius 2 is 1.74 bits per heavy atom. The standard InChI is InChI=1S/C32H35N3O3/c1-24-11-14-31(19-34-24)38-23-26-18-29(32(36)33-15-16-37-30-9-3-2-4-10-30)22-35(21-26)20-25-12-13-27-7-5-6-8-28(27)17-25/h2-14,17,19,26,29H,15-16,18,20-23H2,1H3,(H,33,36)/t26-,29+/m0/s1. The Balaban J connectivity index is 1.21. The molecule has 1 saturated heterocycles. The molecule has 38 heavy (non-hydrogen) atoms. The molecule has 6 nitrogen and oxygen atoms in total. The predicted molar refractivity (Wildman–Crippen MR) is 150 cm³/mol. The number of nitrogens with zero attached hydrogens (tertiary/aromatic N) is 2. The molecule has 6 heteroatoms. The normalized spacial score (nSPS) is 17.7. The minimum atomic E-state index is -0.106. The Morgan fingerprint density at radius 1 is 0.921 bits per heavy atom. The number of carbonyl (C=O) groups is 1. The van der Waals surface area contributed by atoms with Gasteiger partial charge in [-0.15, -0.1) is 0 Å². The quantitative estimate of drug-likeness (QED) is 0.296. The van der Waals surface area contributed by atoms with Crippen molar-refractivity contribution in [3.8, 4) is 11.5 Å². The first-order chi connectivity index (χ1) is 18.6. The minimum Gasteiger partial charge on any atom is -0.492 e. The van der Waals surface area contributed by atoms with Crippen LogP contribution in [-0.2, 0) is 11.3 Å². The molecule has 1 aliphatic rings. The monoisotopic (exact) mass is 509 g/mol. The fraction of sp³-hybridized carbons (Fsp3) is 0.312. The molecule has 1 fully saturated rings. The van der Waals surface area contributed by atoms with E-state index in [1.807, 2.05) is 49.4 Å². The van der Waals surface area contributed by atoms with E-state index >= 15 is 0 Å². The van der Waals surface area contributed by atoms with Gasteiger partial charge in [0.05, 0.1) is 25.3 Å². The molecular formula is C32H35N3O3. The van der Waals surface area contributed by atoms with Gasteiger partial charge >= 0.3 is 0 Å². The van der Waals surface area contributed by atoms with E-state index < -0.39 is 0 Å². The number of rotatable bonds is 10. The molecule has 4 aromatic rings. The number of amides is 1. The summed E-state index contributed by atoms with van der Waals surface area (Å²) in [5.41, 5.74) is 2.22. The molecule has 196 valence electrons. The number of carbonyl (C=O) groups excluding carboxylic acids is 1. The summed E-state index contributed by atoms with van der Waals surface area (Å²) in [7, 11) is 0. The van der Waals surface area contributed by atoms with Gasteiger partial charge in [-0.05, 0) is 60.0 Å². The molecule has 0 bridgehead atoms. The number of benzene rings is 3. The maximum absolute atomic E-state index is 13.2. The van der Waals surface area contributed by atoms with Crippen LogP contribution in [0.25, 0.3) is 10.8 Å². The second kappa shape index (κ2) is 12.6. The Hall–Kier alpha value is -3.90. The molecule has 0 saturated carbocycles. The van der Waals surface area contributed by atoms with Gasteiger partial charge in [-0.1, -0.05) is 54.6 Å². The van der Waals surface area contributed by atoms with Gasteiger partial charge in [-0.25, -0.2) is 0 Å². The first-order valence-electron chi connectivity index (χ1n) is 13.3. The van der Waals surface area contributed by atoms with Crippen LogP contribution >= 0.6 is 0 Å². The second-order valence-corrected chi connectivity index (χ2v) is 10.1. The highest BCUT2D eigenvalue weighted by Crippen LogP contribution is 2.26. The topological polar surface area (TPSA) is 63.7 Å². The molecule has 1 N–H and O–H groups in total. The van der Waals surface area contributed by atoms with E-state index in [1.165, 1.54) is 16.3 Å². The summed E-state index contributed by atoms with van der Waals surface area (Å²) < 4.78 is 11.8. The number of aromatic nitrogens is 1. The van der Waals surface area contributed by atoms with Crippen molar-refractivity contribution in [3.63, 3.8) is 0 Å². The number of nitrogens with one attached hydrogen (secondary N) is 1. The average molecular weight is 510 g/mol. The van der Waals surface area contributed by atoms with Gasteiger partial charge in [0.25, 0.3) is 0 Å². The van der Waals surface area contributed by atoms with E-state index in [4.69, 9.17) is 9.47 Å². The zero-order valence-electron chi connectivity index (χ0n) is 21.9. The van der Waals surface area contributed by atoms with Crippen LogP contribution in [0.15, 0.2) is 91.1 Å². The molecule has 0 unspecified atom stereocenters. The lowest BCUT2D eigenvalue weighted by atomic mass is 9.88. The SMILES string of the molecule is Cc1ccc(OC[C@H]2C[C@@H](C(=O)NCCOc3ccccc3)CN(Cc3ccc4ccccc4c3)C2)cn1. The maximum Gasteiger partial charge on any atom is 0.224 e. The van der Waals surface area contributed by atoms with E-state index in [1.54, 1.807) is 6.20 Å². The van der Waals surface area contributed by atoms with Crippen molar-refractivity contribution in [1.82, 2.24) is 15.2 Å². The van der Waals surface area contributed by atoms with Crippen LogP contribution in [0, 0.1) is 18.8 Å². The Bertz CT molecular complexity index is 1330. The first-order valence-corrected chi connectivity index (χ1v) is 13.3. The summed E-state index contributed by atoms with van der Waals surface area (Å²) in [6.45, 7) is 5.84. The summed E-state index contributed by atoms with van der Waals surface area (Å²) in [6.07, 6.45) is 2.56. The van der Waals surface area contributed by atoms with Crippen LogP contribution in [-0.4, -0.2) is 48.6 Å². The lowest BCUT2D eigenvalue weighted by Gasteiger charge is -2.37. The third-order valence-electron chi connectivity index (χ3n) is 6.99. The summed E-state index contributed by atoms with van der Waals surface area (Å²) in [5.74, 6) is 1.78. The fourth-order valence-corrected chi connectivity index (χ4v) is 5.10. The summed E-state index contributed by atoms with van der Waals surface area (Å²) in [4.78, 5) is 19.9. The fourth-order valence-electron chi connectivity index (χ4n) is 5.10. The van der Waals surface area contributed by atoms with E-state index in [2.05, 4.69) is 57.7 Å². The lowest BCUT2D eigenvalue weighted by molar-refractivity contribution is -0.127. The van der Waals surface area contributed by atoms with Crippen molar-refractivity contribution >= 4 is 16.7 Å². The van der Waals surface area contributed by atoms with Crippen LogP contribution in [0.2, 0.25) is 0 Å². The summed E-state index contributed by atoms with van der Waals surface area (Å²) in [6, 6.07) is 28.6. The molecule has 1 amide bonds. The Kier molecular flexibility index (Phi) is 8.51. The molecule has 1 aliphatic heterocycles. The molecule has 3 aromatic carbocycles. The van der Waals surface area contributed by atoms with Gasteiger partial charge in [0, 0.05) is 31.2 Å². The van der Waals surface area contributed by atoms with Gasteiger partial charge in [0.1, 0.15) is 18.1 Å². The van der Waals surface area contributed by atoms with E-state index in [0.29, 0.717) is 19.8 Å². The number of ether oxygens (including phenoxy) is 2. The number of hydrogen-bond donors (Lipinski definition) is 1. The second-order valence-electron chi connectivity index (χ2n) is 10.1. The number of likely N-dealkylation sites (tertiary alicyclic amines) is 1. The average Bonchev–Trinajstić information content (AvgIpc) is 2.95. The highest BCUT2D eigenvalue weighted by atomic mass is 16.5. The predicted octanol–water partition coefficient (Wildman–Crippen LogP) is 5.26. The molecule has 0 spiro atoms. The summed E-state index contributed by atoms with van der Waals surface area (Å²) in [5, 5.41) is 5.57. The van der Waals surface area contributed by atoms with Crippen molar-refractivity contribution in [2.45, 2.75) is 19.9 Å². The molecule has 2 atom stereocenters. The van der Waals surface area contributed by atoms with Gasteiger partial charge < -0.3 is 14.8 Å². The molecule has 0 radical (unpaired) electrons. The van der Waals surface area contributed by atoms with Crippen molar-refractivity contribution < 1.29 is 14.3 Å². The number of piperidine rings is 1. The van der Waals surface area contributed by atoms with E-state index in [-0.39, 0.29) is 17.7 Å². The Morgan fingerprint density at radius 3 is 2.55 bits per heavy atom. The molecule has 5 rings (SSSR count). The maximum atomic E-state index is 13.2. The number of pyridine rings is 1. The van der Waals surface area contributed by atoms with E-state index in [0.717, 1.165) is 43.2 Å². The molecular weight excluding hydrogens is 474 g/mol. The zero-order valence-corrected chi connectivity index (χ0v) is 21.9. The van der Waals surface area contributed by atoms with Crippen molar-refractivity contribution in [1.29, 1.82) is 0 Å². The van der Waals surface area contributed by atoms with Gasteiger partial charge in [0.15, 0.2) is 0 Å². The lowest BCUT2D eigenvalue weighted by Crippen LogP contribution is -2.47. The number of aryl methyl sites for hydroxylation is 1. The number of fused-ring (bicyclic) bond motifs is 1. The first kappa shape index (κ1) is 25.7. The third-order valence-corrected chi connectivity index (χ3v) is 6.99. The van der Waals surface area contributed by atoms with Crippen LogP contribution in [0.5, 0.6) is 11.5 Å². The van der Waals surface area contributed by atoms with E-state index in [9.17, 15) is 4.79 Å².